The van der Waals surface area contributed by atoms with E-state index in [0.717, 1.165) is 29.6 Å². The van der Waals surface area contributed by atoms with Gasteiger partial charge in [0.15, 0.2) is 11.6 Å². The fourth-order valence-electron chi connectivity index (χ4n) is 4.03. The number of thiazole rings is 1. The molecule has 0 unspecified atom stereocenters. The zero-order chi connectivity index (χ0) is 18.0. The zero-order valence-corrected chi connectivity index (χ0v) is 15.4. The van der Waals surface area contributed by atoms with E-state index in [4.69, 9.17) is 0 Å². The van der Waals surface area contributed by atoms with E-state index in [-0.39, 0.29) is 5.91 Å². The van der Waals surface area contributed by atoms with Gasteiger partial charge in [0, 0.05) is 19.3 Å². The maximum absolute atomic E-state index is 12.6. The van der Waals surface area contributed by atoms with Gasteiger partial charge in [-0.25, -0.2) is 4.68 Å². The van der Waals surface area contributed by atoms with E-state index in [1.807, 2.05) is 12.1 Å². The highest BCUT2D eigenvalue weighted by Crippen LogP contribution is 2.53. The number of nitrogens with zero attached hydrogens (tertiary/aromatic N) is 7. The van der Waals surface area contributed by atoms with Crippen molar-refractivity contribution in [3.63, 3.8) is 0 Å². The molecular formula is C18H17N7OS. The van der Waals surface area contributed by atoms with Gasteiger partial charge >= 0.3 is 0 Å². The molecule has 0 atom stereocenters. The Labute approximate surface area is 159 Å². The summed E-state index contributed by atoms with van der Waals surface area (Å²) < 4.78 is 1.65. The van der Waals surface area contributed by atoms with Gasteiger partial charge in [0.05, 0.1) is 29.5 Å². The van der Waals surface area contributed by atoms with Crippen molar-refractivity contribution in [2.24, 2.45) is 5.41 Å². The molecule has 1 saturated carbocycles. The minimum absolute atomic E-state index is 0.0446. The van der Waals surface area contributed by atoms with Gasteiger partial charge in [-0.2, -0.15) is 5.10 Å². The fraction of sp³-hybridized carbons (Fsp3) is 0.389. The lowest BCUT2D eigenvalue weighted by molar-refractivity contribution is 0.0997. The van der Waals surface area contributed by atoms with E-state index in [2.05, 4.69) is 25.2 Å². The van der Waals surface area contributed by atoms with Crippen LogP contribution in [0.25, 0.3) is 5.82 Å². The molecule has 0 N–H and O–H groups in total. The van der Waals surface area contributed by atoms with Gasteiger partial charge in [-0.05, 0) is 36.8 Å². The number of carbonyl (C=O) groups is 1. The van der Waals surface area contributed by atoms with Gasteiger partial charge < -0.3 is 4.90 Å². The molecule has 9 heteroatoms. The van der Waals surface area contributed by atoms with Gasteiger partial charge in [-0.15, -0.1) is 21.5 Å². The molecule has 3 aromatic heterocycles. The highest BCUT2D eigenvalue weighted by Gasteiger charge is 2.48. The first kappa shape index (κ1) is 15.3. The molecule has 136 valence electrons. The number of fused-ring (bicyclic) bond motifs is 1. The molecule has 0 aromatic carbocycles. The Bertz CT molecular complexity index is 1020. The Morgan fingerprint density at radius 1 is 1.11 bits per heavy atom. The number of hydrogen-bond donors (Lipinski definition) is 0. The SMILES string of the molecule is O=C1c2cn(-c3ccc(N4CCC5(CC5)C4)nn3)nc2CN1c1cncs1. The van der Waals surface area contributed by atoms with Crippen LogP contribution < -0.4 is 9.80 Å². The van der Waals surface area contributed by atoms with Crippen LogP contribution in [0.15, 0.2) is 30.0 Å². The van der Waals surface area contributed by atoms with Gasteiger partial charge in [0.25, 0.3) is 5.91 Å². The molecule has 1 spiro atoms. The zero-order valence-electron chi connectivity index (χ0n) is 14.6. The summed E-state index contributed by atoms with van der Waals surface area (Å²) in [6.07, 6.45) is 7.41. The molecule has 8 nitrogen and oxygen atoms in total. The fourth-order valence-corrected chi connectivity index (χ4v) is 4.66. The van der Waals surface area contributed by atoms with Crippen LogP contribution >= 0.6 is 11.3 Å². The predicted octanol–water partition coefficient (Wildman–Crippen LogP) is 2.27. The molecule has 0 radical (unpaired) electrons. The Morgan fingerprint density at radius 2 is 1.96 bits per heavy atom. The molecule has 6 rings (SSSR count). The lowest BCUT2D eigenvalue weighted by Gasteiger charge is -2.16. The van der Waals surface area contributed by atoms with Crippen LogP contribution in [0.4, 0.5) is 10.8 Å². The monoisotopic (exact) mass is 379 g/mol. The lowest BCUT2D eigenvalue weighted by Crippen LogP contribution is -2.23. The van der Waals surface area contributed by atoms with Crippen molar-refractivity contribution in [3.05, 3.63) is 41.3 Å². The number of carbonyl (C=O) groups excluding carboxylic acids is 1. The Kier molecular flexibility index (Phi) is 3.03. The molecule has 5 heterocycles. The van der Waals surface area contributed by atoms with Gasteiger partial charge in [0.1, 0.15) is 5.00 Å². The first-order valence-corrected chi connectivity index (χ1v) is 9.97. The minimum atomic E-state index is -0.0446. The smallest absolute Gasteiger partial charge is 0.262 e. The molecule has 3 aromatic rings. The molecule has 27 heavy (non-hydrogen) atoms. The maximum Gasteiger partial charge on any atom is 0.262 e. The van der Waals surface area contributed by atoms with E-state index in [0.29, 0.717) is 23.3 Å². The second-order valence-electron chi connectivity index (χ2n) is 7.59. The van der Waals surface area contributed by atoms with Crippen LogP contribution in [0.5, 0.6) is 0 Å². The molecule has 1 amide bonds. The summed E-state index contributed by atoms with van der Waals surface area (Å²) in [5.41, 5.74) is 3.66. The van der Waals surface area contributed by atoms with E-state index in [9.17, 15) is 4.79 Å². The van der Waals surface area contributed by atoms with E-state index >= 15 is 0 Å². The Hall–Kier alpha value is -2.81. The summed E-state index contributed by atoms with van der Waals surface area (Å²) in [5, 5.41) is 14.1. The molecule has 1 saturated heterocycles. The average Bonchev–Trinajstić information content (AvgIpc) is 3.14. The Morgan fingerprint density at radius 3 is 2.63 bits per heavy atom. The van der Waals surface area contributed by atoms with E-state index < -0.39 is 0 Å². The number of anilines is 2. The molecule has 2 aliphatic heterocycles. The number of rotatable bonds is 3. The molecule has 0 bridgehead atoms. The largest absolute Gasteiger partial charge is 0.355 e. The number of hydrogen-bond acceptors (Lipinski definition) is 7. The summed E-state index contributed by atoms with van der Waals surface area (Å²) in [5.74, 6) is 1.51. The van der Waals surface area contributed by atoms with Crippen LogP contribution in [0.2, 0.25) is 0 Å². The third kappa shape index (κ3) is 2.38. The van der Waals surface area contributed by atoms with Crippen molar-refractivity contribution in [1.29, 1.82) is 0 Å². The third-order valence-corrected chi connectivity index (χ3v) is 6.64. The van der Waals surface area contributed by atoms with E-state index in [1.54, 1.807) is 27.5 Å². The van der Waals surface area contributed by atoms with Crippen molar-refractivity contribution in [3.8, 4) is 5.82 Å². The molecule has 3 aliphatic rings. The molecule has 1 aliphatic carbocycles. The minimum Gasteiger partial charge on any atom is -0.355 e. The second-order valence-corrected chi connectivity index (χ2v) is 8.45. The van der Waals surface area contributed by atoms with Gasteiger partial charge in [-0.1, -0.05) is 0 Å². The normalized spacial score (nSPS) is 19.9. The van der Waals surface area contributed by atoms with E-state index in [1.165, 1.54) is 30.6 Å². The summed E-state index contributed by atoms with van der Waals surface area (Å²) in [7, 11) is 0. The average molecular weight is 379 g/mol. The maximum atomic E-state index is 12.6. The van der Waals surface area contributed by atoms with Crippen LogP contribution in [0.1, 0.15) is 35.3 Å². The van der Waals surface area contributed by atoms with Crippen molar-refractivity contribution < 1.29 is 4.79 Å². The molecule has 2 fully saturated rings. The summed E-state index contributed by atoms with van der Waals surface area (Å²) in [4.78, 5) is 20.7. The van der Waals surface area contributed by atoms with Crippen molar-refractivity contribution in [1.82, 2.24) is 25.0 Å². The highest BCUT2D eigenvalue weighted by molar-refractivity contribution is 7.14. The second kappa shape index (κ2) is 5.35. The molecular weight excluding hydrogens is 362 g/mol. The summed E-state index contributed by atoms with van der Waals surface area (Å²) in [6.45, 7) is 2.62. The van der Waals surface area contributed by atoms with Gasteiger partial charge in [0.2, 0.25) is 0 Å². The van der Waals surface area contributed by atoms with Crippen molar-refractivity contribution in [2.75, 3.05) is 22.9 Å². The van der Waals surface area contributed by atoms with Crippen LogP contribution in [-0.2, 0) is 6.54 Å². The van der Waals surface area contributed by atoms with Crippen LogP contribution in [-0.4, -0.2) is 44.0 Å². The number of amides is 1. The lowest BCUT2D eigenvalue weighted by atomic mass is 10.1. The topological polar surface area (TPSA) is 80.0 Å². The number of aromatic nitrogens is 5. The third-order valence-electron chi connectivity index (χ3n) is 5.85. The van der Waals surface area contributed by atoms with Gasteiger partial charge in [-0.3, -0.25) is 14.7 Å². The van der Waals surface area contributed by atoms with Crippen molar-refractivity contribution >= 4 is 28.1 Å². The van der Waals surface area contributed by atoms with Crippen LogP contribution in [0.3, 0.4) is 0 Å². The highest BCUT2D eigenvalue weighted by atomic mass is 32.1. The Balaban J connectivity index is 1.23. The predicted molar refractivity (Wildman–Crippen MR) is 100 cm³/mol. The van der Waals surface area contributed by atoms with Crippen molar-refractivity contribution in [2.45, 2.75) is 25.8 Å². The summed E-state index contributed by atoms with van der Waals surface area (Å²) in [6, 6.07) is 3.93. The summed E-state index contributed by atoms with van der Waals surface area (Å²) >= 11 is 1.45. The quantitative estimate of drug-likeness (QED) is 0.695. The first-order chi connectivity index (χ1) is 13.2. The van der Waals surface area contributed by atoms with Crippen LogP contribution in [0, 0.1) is 5.41 Å². The standard InChI is InChI=1S/C18H17N7OS/c26-17-12-8-25(22-13(12)9-24(17)16-7-19-11-27-16)15-2-1-14(20-21-15)23-6-5-18(10-23)3-4-18/h1-2,7-8,11H,3-6,9-10H2. The first-order valence-electron chi connectivity index (χ1n) is 9.09.